The molecule has 1 saturated heterocycles. The van der Waals surface area contributed by atoms with Crippen molar-refractivity contribution in [1.82, 2.24) is 9.88 Å². The first-order valence-corrected chi connectivity index (χ1v) is 9.83. The largest absolute Gasteiger partial charge is 0.416 e. The number of nitrogens with one attached hydrogen (secondary N) is 1. The van der Waals surface area contributed by atoms with Gasteiger partial charge in [-0.1, -0.05) is 24.3 Å². The van der Waals surface area contributed by atoms with E-state index >= 15 is 0 Å². The molecule has 1 aromatic heterocycles. The van der Waals surface area contributed by atoms with Gasteiger partial charge in [-0.3, -0.25) is 4.79 Å². The van der Waals surface area contributed by atoms with Gasteiger partial charge in [-0.2, -0.15) is 13.2 Å². The van der Waals surface area contributed by atoms with Gasteiger partial charge in [0.1, 0.15) is 0 Å². The molecule has 0 unspecified atom stereocenters. The van der Waals surface area contributed by atoms with Crippen LogP contribution in [0.4, 0.5) is 18.9 Å². The summed E-state index contributed by atoms with van der Waals surface area (Å²) >= 11 is 1.19. The lowest BCUT2D eigenvalue weighted by Crippen LogP contribution is -2.19. The van der Waals surface area contributed by atoms with Crippen molar-refractivity contribution in [2.45, 2.75) is 13.1 Å². The highest BCUT2D eigenvalue weighted by Crippen LogP contribution is 2.32. The second-order valence-corrected chi connectivity index (χ2v) is 7.65. The number of alkyl halides is 3. The number of rotatable bonds is 3. The lowest BCUT2D eigenvalue weighted by molar-refractivity contribution is -0.137. The summed E-state index contributed by atoms with van der Waals surface area (Å²) in [6.45, 7) is 1.93. The Kier molecular flexibility index (Phi) is 5.26. The van der Waals surface area contributed by atoms with Gasteiger partial charge in [-0.05, 0) is 66.7 Å². The number of hydrogen-bond acceptors (Lipinski definition) is 3. The maximum atomic E-state index is 13.0. The molecule has 1 aliphatic heterocycles. The number of benzene rings is 2. The number of para-hydroxylation sites is 1. The van der Waals surface area contributed by atoms with Crippen LogP contribution in [0.5, 0.6) is 0 Å². The molecule has 2 aromatic carbocycles. The van der Waals surface area contributed by atoms with E-state index in [1.165, 1.54) is 17.8 Å². The first-order valence-electron chi connectivity index (χ1n) is 9.01. The Hall–Kier alpha value is -3.26. The molecule has 3 aromatic rings. The lowest BCUT2D eigenvalue weighted by Gasteiger charge is -2.11. The van der Waals surface area contributed by atoms with E-state index in [9.17, 15) is 18.0 Å². The minimum absolute atomic E-state index is 0.302. The van der Waals surface area contributed by atoms with E-state index in [0.717, 1.165) is 23.4 Å². The number of carbonyl (C=O) groups excluding carboxylic acids is 1. The summed E-state index contributed by atoms with van der Waals surface area (Å²) in [5.41, 5.74) is 1.96. The van der Waals surface area contributed by atoms with Crippen molar-refractivity contribution < 1.29 is 18.0 Å². The Labute approximate surface area is 175 Å². The van der Waals surface area contributed by atoms with E-state index in [1.807, 2.05) is 31.2 Å². The van der Waals surface area contributed by atoms with Crippen molar-refractivity contribution in [3.8, 4) is 5.69 Å². The number of aliphatic imine (C=N–C) groups is 1. The lowest BCUT2D eigenvalue weighted by atomic mass is 10.2. The van der Waals surface area contributed by atoms with Gasteiger partial charge in [-0.15, -0.1) is 0 Å². The number of carbonyl (C=O) groups is 1. The minimum Gasteiger partial charge on any atom is -0.317 e. The molecule has 1 fully saturated rings. The second kappa shape index (κ2) is 7.87. The van der Waals surface area contributed by atoms with Crippen LogP contribution in [0.3, 0.4) is 0 Å². The van der Waals surface area contributed by atoms with Crippen LogP contribution in [0.2, 0.25) is 0 Å². The second-order valence-electron chi connectivity index (χ2n) is 6.62. The van der Waals surface area contributed by atoms with Gasteiger partial charge in [0.25, 0.3) is 5.91 Å². The molecule has 0 spiro atoms. The van der Waals surface area contributed by atoms with Gasteiger partial charge in [-0.25, -0.2) is 4.99 Å². The van der Waals surface area contributed by atoms with Crippen LogP contribution >= 0.6 is 11.8 Å². The molecule has 30 heavy (non-hydrogen) atoms. The molecule has 1 N–H and O–H groups in total. The minimum atomic E-state index is -4.43. The van der Waals surface area contributed by atoms with Crippen LogP contribution in [0.1, 0.15) is 16.8 Å². The third-order valence-corrected chi connectivity index (χ3v) is 5.41. The maximum absolute atomic E-state index is 13.0. The van der Waals surface area contributed by atoms with Gasteiger partial charge in [0.15, 0.2) is 5.17 Å². The Morgan fingerprint density at radius 3 is 2.63 bits per heavy atom. The highest BCUT2D eigenvalue weighted by molar-refractivity contribution is 8.18. The summed E-state index contributed by atoms with van der Waals surface area (Å²) in [6.07, 6.45) is -1.13. The standard InChI is InChI=1S/C22H16F3N3OS/c1-14-6-2-3-10-18(14)26-21-27-20(29)19(30-21)13-17-9-5-11-28(17)16-8-4-7-15(12-16)22(23,24)25/h2-13H,1H3,(H,26,27,29)/b19-13-. The van der Waals surface area contributed by atoms with Crippen molar-refractivity contribution in [2.24, 2.45) is 4.99 Å². The zero-order chi connectivity index (χ0) is 21.3. The van der Waals surface area contributed by atoms with Gasteiger partial charge in [0, 0.05) is 17.6 Å². The average Bonchev–Trinajstić information content (AvgIpc) is 3.30. The van der Waals surface area contributed by atoms with Crippen LogP contribution in [-0.2, 0) is 11.0 Å². The maximum Gasteiger partial charge on any atom is 0.416 e. The first-order chi connectivity index (χ1) is 14.3. The van der Waals surface area contributed by atoms with Crippen LogP contribution in [0, 0.1) is 6.92 Å². The topological polar surface area (TPSA) is 46.4 Å². The molecule has 0 radical (unpaired) electrons. The van der Waals surface area contributed by atoms with Gasteiger partial charge >= 0.3 is 6.18 Å². The molecule has 1 amide bonds. The number of aryl methyl sites for hydroxylation is 1. The van der Waals surface area contributed by atoms with Crippen LogP contribution in [0.25, 0.3) is 11.8 Å². The first kappa shape index (κ1) is 20.0. The van der Waals surface area contributed by atoms with E-state index in [-0.39, 0.29) is 5.91 Å². The summed E-state index contributed by atoms with van der Waals surface area (Å²) < 4.78 is 40.7. The number of nitrogens with zero attached hydrogens (tertiary/aromatic N) is 2. The summed E-state index contributed by atoms with van der Waals surface area (Å²) in [5.74, 6) is -0.302. The molecule has 2 heterocycles. The van der Waals surface area contributed by atoms with E-state index < -0.39 is 11.7 Å². The van der Waals surface area contributed by atoms with Crippen molar-refractivity contribution in [3.05, 3.63) is 88.6 Å². The number of halogens is 3. The normalized spacial score (nSPS) is 17.0. The van der Waals surface area contributed by atoms with Crippen molar-refractivity contribution in [2.75, 3.05) is 0 Å². The summed E-state index contributed by atoms with van der Waals surface area (Å²) in [6, 6.07) is 16.1. The molecule has 152 valence electrons. The Morgan fingerprint density at radius 1 is 1.07 bits per heavy atom. The monoisotopic (exact) mass is 427 g/mol. The fourth-order valence-corrected chi connectivity index (χ4v) is 3.81. The zero-order valence-corrected chi connectivity index (χ0v) is 16.6. The molecule has 0 atom stereocenters. The van der Waals surface area contributed by atoms with Crippen LogP contribution < -0.4 is 5.32 Å². The van der Waals surface area contributed by atoms with Gasteiger partial charge in [0.2, 0.25) is 0 Å². The Morgan fingerprint density at radius 2 is 1.87 bits per heavy atom. The number of amidine groups is 1. The fraction of sp³-hybridized carbons (Fsp3) is 0.0909. The van der Waals surface area contributed by atoms with Crippen LogP contribution in [-0.4, -0.2) is 15.6 Å². The smallest absolute Gasteiger partial charge is 0.317 e. The predicted octanol–water partition coefficient (Wildman–Crippen LogP) is 5.70. The quantitative estimate of drug-likeness (QED) is 0.546. The molecule has 4 nitrogen and oxygen atoms in total. The molecule has 0 saturated carbocycles. The van der Waals surface area contributed by atoms with E-state index in [0.29, 0.717) is 21.5 Å². The predicted molar refractivity (Wildman–Crippen MR) is 113 cm³/mol. The number of amides is 1. The fourth-order valence-electron chi connectivity index (χ4n) is 2.99. The SMILES string of the molecule is Cc1ccccc1N=C1NC(=O)/C(=C/c2cccn2-c2cccc(C(F)(F)F)c2)S1. The van der Waals surface area contributed by atoms with Crippen molar-refractivity contribution in [3.63, 3.8) is 0 Å². The van der Waals surface area contributed by atoms with E-state index in [4.69, 9.17) is 0 Å². The number of aromatic nitrogens is 1. The summed E-state index contributed by atoms with van der Waals surface area (Å²) in [4.78, 5) is 17.3. The molecular weight excluding hydrogens is 411 g/mol. The molecule has 8 heteroatoms. The molecule has 0 aliphatic carbocycles. The number of hydrogen-bond donors (Lipinski definition) is 1. The van der Waals surface area contributed by atoms with Gasteiger partial charge in [0.05, 0.1) is 16.2 Å². The summed E-state index contributed by atoms with van der Waals surface area (Å²) in [7, 11) is 0. The van der Waals surface area contributed by atoms with Crippen molar-refractivity contribution in [1.29, 1.82) is 0 Å². The Bertz CT molecular complexity index is 1180. The molecule has 0 bridgehead atoms. The van der Waals surface area contributed by atoms with Crippen molar-refractivity contribution >= 4 is 34.6 Å². The molecule has 1 aliphatic rings. The van der Waals surface area contributed by atoms with Crippen LogP contribution in [0.15, 0.2) is 76.8 Å². The summed E-state index contributed by atoms with van der Waals surface area (Å²) in [5, 5.41) is 3.18. The third kappa shape index (κ3) is 4.18. The highest BCUT2D eigenvalue weighted by Gasteiger charge is 2.30. The highest BCUT2D eigenvalue weighted by atomic mass is 32.2. The molecular formula is C22H16F3N3OS. The van der Waals surface area contributed by atoms with E-state index in [1.54, 1.807) is 35.0 Å². The zero-order valence-electron chi connectivity index (χ0n) is 15.8. The van der Waals surface area contributed by atoms with E-state index in [2.05, 4.69) is 10.3 Å². The molecule has 4 rings (SSSR count). The average molecular weight is 427 g/mol. The van der Waals surface area contributed by atoms with Gasteiger partial charge < -0.3 is 9.88 Å². The Balaban J connectivity index is 1.64. The third-order valence-electron chi connectivity index (χ3n) is 4.50. The number of thioether (sulfide) groups is 1.